The van der Waals surface area contributed by atoms with Gasteiger partial charge in [-0.05, 0) is 187 Å². The number of fused-ring (bicyclic) bond motifs is 12. The third-order valence-corrected chi connectivity index (χ3v) is 22.6. The van der Waals surface area contributed by atoms with Crippen LogP contribution in [0.2, 0.25) is 0 Å². The van der Waals surface area contributed by atoms with E-state index in [2.05, 4.69) is 20.8 Å². The Morgan fingerprint density at radius 1 is 0.321 bits per heavy atom. The van der Waals surface area contributed by atoms with Crippen molar-refractivity contribution >= 4 is 0 Å². The van der Waals surface area contributed by atoms with E-state index in [-0.39, 0.29) is 0 Å². The van der Waals surface area contributed by atoms with Crippen molar-refractivity contribution < 1.29 is 0 Å². The second kappa shape index (κ2) is 14.1. The quantitative estimate of drug-likeness (QED) is 0.272. The highest BCUT2D eigenvalue weighted by Crippen LogP contribution is 2.84. The molecule has 0 heterocycles. The van der Waals surface area contributed by atoms with Crippen molar-refractivity contribution in [3.8, 4) is 0 Å². The molecule has 0 amide bonds. The molecule has 0 aromatic rings. The minimum atomic E-state index is 0.508. The van der Waals surface area contributed by atoms with Gasteiger partial charge in [0.1, 0.15) is 0 Å². The summed E-state index contributed by atoms with van der Waals surface area (Å²) >= 11 is 0. The van der Waals surface area contributed by atoms with Crippen molar-refractivity contribution in [3.05, 3.63) is 0 Å². The first-order valence-corrected chi connectivity index (χ1v) is 25.9. The molecule has 298 valence electrons. The van der Waals surface area contributed by atoms with Gasteiger partial charge < -0.3 is 0 Å². The van der Waals surface area contributed by atoms with Crippen LogP contribution in [-0.2, 0) is 0 Å². The van der Waals surface area contributed by atoms with Crippen LogP contribution in [0.3, 0.4) is 0 Å². The van der Waals surface area contributed by atoms with E-state index >= 15 is 0 Å². The Bertz CT molecular complexity index is 1240. The number of hydrogen-bond acceptors (Lipinski definition) is 0. The van der Waals surface area contributed by atoms with Crippen LogP contribution in [0, 0.1) is 123 Å². The molecule has 11 rings (SSSR count). The van der Waals surface area contributed by atoms with Crippen molar-refractivity contribution in [1.29, 1.82) is 0 Å². The summed E-state index contributed by atoms with van der Waals surface area (Å²) in [7, 11) is 0. The fourth-order valence-electron chi connectivity index (χ4n) is 21.2. The zero-order valence-corrected chi connectivity index (χ0v) is 35.5. The van der Waals surface area contributed by atoms with Gasteiger partial charge in [0.2, 0.25) is 0 Å². The minimum absolute atomic E-state index is 0.508. The molecule has 53 heavy (non-hydrogen) atoms. The van der Waals surface area contributed by atoms with Gasteiger partial charge in [0, 0.05) is 0 Å². The maximum atomic E-state index is 2.61. The van der Waals surface area contributed by atoms with E-state index in [1.165, 1.54) is 0 Å². The van der Waals surface area contributed by atoms with Gasteiger partial charge in [-0.25, -0.2) is 0 Å². The number of hydrogen-bond donors (Lipinski definition) is 0. The van der Waals surface area contributed by atoms with Crippen molar-refractivity contribution in [1.82, 2.24) is 0 Å². The molecule has 11 saturated carbocycles. The van der Waals surface area contributed by atoms with Crippen LogP contribution < -0.4 is 0 Å². The van der Waals surface area contributed by atoms with Crippen LogP contribution >= 0.6 is 0 Å². The summed E-state index contributed by atoms with van der Waals surface area (Å²) in [6, 6.07) is 0. The van der Waals surface area contributed by atoms with Crippen LogP contribution in [-0.4, -0.2) is 0 Å². The molecular weight excluding hydrogens is 637 g/mol. The largest absolute Gasteiger partial charge is 0.0599 e. The predicted molar refractivity (Wildman–Crippen MR) is 222 cm³/mol. The van der Waals surface area contributed by atoms with E-state index < -0.39 is 0 Å². The zero-order chi connectivity index (χ0) is 35.5. The van der Waals surface area contributed by atoms with Crippen molar-refractivity contribution in [3.63, 3.8) is 0 Å². The molecule has 0 heteroatoms. The van der Waals surface area contributed by atoms with E-state index in [1.54, 1.807) is 186 Å². The highest BCUT2D eigenvalue weighted by atomic mass is 14.8. The summed E-state index contributed by atoms with van der Waals surface area (Å²) < 4.78 is 0. The van der Waals surface area contributed by atoms with Gasteiger partial charge in [0.25, 0.3) is 0 Å². The average molecular weight is 723 g/mol. The molecule has 11 fully saturated rings. The van der Waals surface area contributed by atoms with Crippen LogP contribution in [0.4, 0.5) is 0 Å². The number of rotatable bonds is 3. The molecule has 0 saturated heterocycles. The fraction of sp³-hybridized carbons (Fsp3) is 1.00. The molecule has 0 nitrogen and oxygen atoms in total. The summed E-state index contributed by atoms with van der Waals surface area (Å²) in [5, 5.41) is 0. The van der Waals surface area contributed by atoms with Crippen LogP contribution in [0.15, 0.2) is 0 Å². The molecule has 0 aromatic heterocycles. The van der Waals surface area contributed by atoms with Crippen molar-refractivity contribution in [2.24, 2.45) is 123 Å². The van der Waals surface area contributed by atoms with E-state index in [0.29, 0.717) is 5.41 Å². The van der Waals surface area contributed by atoms with Crippen molar-refractivity contribution in [2.45, 2.75) is 207 Å². The Morgan fingerprint density at radius 2 is 0.811 bits per heavy atom. The first kappa shape index (κ1) is 36.1. The van der Waals surface area contributed by atoms with Crippen LogP contribution in [0.1, 0.15) is 207 Å². The molecule has 1 spiro atoms. The van der Waals surface area contributed by atoms with Crippen molar-refractivity contribution in [2.75, 3.05) is 0 Å². The smallest absolute Gasteiger partial charge is 0.0168 e. The van der Waals surface area contributed by atoms with Gasteiger partial charge in [0.05, 0.1) is 0 Å². The fourth-order valence-corrected chi connectivity index (χ4v) is 21.2. The monoisotopic (exact) mass is 723 g/mol. The Morgan fingerprint density at radius 3 is 1.43 bits per heavy atom. The lowest BCUT2D eigenvalue weighted by Gasteiger charge is -2.73. The highest BCUT2D eigenvalue weighted by Gasteiger charge is 2.79. The molecule has 15 unspecified atom stereocenters. The third kappa shape index (κ3) is 5.63. The zero-order valence-electron chi connectivity index (χ0n) is 35.5. The van der Waals surface area contributed by atoms with Crippen LogP contribution in [0.5, 0.6) is 0 Å². The summed E-state index contributed by atoms with van der Waals surface area (Å²) in [6.07, 6.45) is 46.9. The van der Waals surface area contributed by atoms with Gasteiger partial charge in [-0.1, -0.05) is 143 Å². The summed E-state index contributed by atoms with van der Waals surface area (Å²) in [5.74, 6) is 21.3. The Labute approximate surface area is 329 Å². The standard InChI is InChI=1S/C53H86/c1-52(2,3)40-24-25-41-38(30-40)23-27-45-48(41)49-44-32-39-29-36-21-13-14-22-37(36)31-43(39)42(44)26-28-46(49)53(45)50(34-17-9-5-10-18-34)47(33-15-7-4-8-16-33)51(53)35-19-11-6-12-20-35/h33-51H,4-32H2,1-3H3. The van der Waals surface area contributed by atoms with Gasteiger partial charge in [-0.3, -0.25) is 0 Å². The molecule has 0 radical (unpaired) electrons. The topological polar surface area (TPSA) is 0 Å². The highest BCUT2D eigenvalue weighted by molar-refractivity contribution is 5.26. The Kier molecular flexibility index (Phi) is 9.59. The predicted octanol–water partition coefficient (Wildman–Crippen LogP) is 15.2. The minimum Gasteiger partial charge on any atom is -0.0599 e. The molecule has 0 N–H and O–H groups in total. The average Bonchev–Trinajstić information content (AvgIpc) is 3.70. The molecule has 11 aliphatic rings. The maximum Gasteiger partial charge on any atom is -0.0168 e. The van der Waals surface area contributed by atoms with Crippen LogP contribution in [0.25, 0.3) is 0 Å². The second-order valence-corrected chi connectivity index (χ2v) is 24.9. The van der Waals surface area contributed by atoms with E-state index in [0.717, 1.165) is 118 Å². The Balaban J connectivity index is 1.02. The van der Waals surface area contributed by atoms with E-state index in [1.807, 2.05) is 0 Å². The molecule has 0 aliphatic heterocycles. The first-order chi connectivity index (χ1) is 25.9. The second-order valence-electron chi connectivity index (χ2n) is 24.9. The van der Waals surface area contributed by atoms with Gasteiger partial charge in [0.15, 0.2) is 0 Å². The molecule has 0 aromatic carbocycles. The summed E-state index contributed by atoms with van der Waals surface area (Å²) in [5.41, 5.74) is 1.27. The lowest BCUT2D eigenvalue weighted by atomic mass is 9.31. The summed E-state index contributed by atoms with van der Waals surface area (Å²) in [6.45, 7) is 7.82. The first-order valence-electron chi connectivity index (χ1n) is 25.9. The normalized spacial score (nSPS) is 53.5. The van der Waals surface area contributed by atoms with Gasteiger partial charge in [-0.15, -0.1) is 0 Å². The molecule has 0 bridgehead atoms. The SMILES string of the molecule is CC(C)(C)C1CCC2C(CCC3C2C2C4CC5CC6CCCCC6CC5C4CCC2C32C(C3CCCCC3)C(C3CCCCC3)C2C2CCCCC2)C1. The summed E-state index contributed by atoms with van der Waals surface area (Å²) in [4.78, 5) is 0. The lowest BCUT2D eigenvalue weighted by molar-refractivity contribution is -0.261. The molecule has 15 atom stereocenters. The Hall–Kier alpha value is 0. The van der Waals surface area contributed by atoms with Gasteiger partial charge in [-0.2, -0.15) is 0 Å². The maximum absolute atomic E-state index is 2.61. The third-order valence-electron chi connectivity index (χ3n) is 22.6. The van der Waals surface area contributed by atoms with E-state index in [9.17, 15) is 0 Å². The molecule has 11 aliphatic carbocycles. The molecular formula is C53H86. The lowest BCUT2D eigenvalue weighted by Crippen LogP contribution is -2.69. The van der Waals surface area contributed by atoms with Gasteiger partial charge >= 0.3 is 0 Å². The van der Waals surface area contributed by atoms with E-state index in [4.69, 9.17) is 0 Å².